The van der Waals surface area contributed by atoms with Gasteiger partial charge in [0.15, 0.2) is 6.04 Å². The van der Waals surface area contributed by atoms with Crippen LogP contribution in [0, 0.1) is 0 Å². The fourth-order valence-electron chi connectivity index (χ4n) is 1.76. The van der Waals surface area contributed by atoms with Crippen LogP contribution in [0.4, 0.5) is 0 Å². The highest BCUT2D eigenvalue weighted by molar-refractivity contribution is 4.95. The maximum Gasteiger partial charge on any atom is 0.258 e. The van der Waals surface area contributed by atoms with E-state index in [-0.39, 0.29) is 0 Å². The van der Waals surface area contributed by atoms with E-state index in [1.807, 2.05) is 0 Å². The molecule has 4 aliphatic rings. The molecule has 32 valence electrons. The molecule has 1 N–H and O–H groups in total. The average molecular weight is 83.1 g/mol. The molecule has 0 aromatic rings. The first-order valence-corrected chi connectivity index (χ1v) is 2.62. The van der Waals surface area contributed by atoms with Crippen molar-refractivity contribution in [3.63, 3.8) is 0 Å². The molecule has 4 fully saturated rings. The summed E-state index contributed by atoms with van der Waals surface area (Å²) in [6.07, 6.45) is 2.53. The number of rotatable bonds is 0. The molecule has 0 saturated carbocycles. The monoisotopic (exact) mass is 83.1 g/mol. The molecule has 6 heavy (non-hydrogen) atoms. The summed E-state index contributed by atoms with van der Waals surface area (Å²) in [5, 5.41) is 4.29. The quantitative estimate of drug-likeness (QED) is 0.340. The molecule has 4 aliphatic heterocycles. The summed E-state index contributed by atoms with van der Waals surface area (Å²) < 4.78 is 0. The molecule has 0 aromatic carbocycles. The second-order valence-electron chi connectivity index (χ2n) is 2.46. The van der Waals surface area contributed by atoms with Gasteiger partial charge in [0.1, 0.15) is 0 Å². The summed E-state index contributed by atoms with van der Waals surface area (Å²) in [5.41, 5.74) is 0. The molecule has 4 heterocycles. The van der Waals surface area contributed by atoms with Crippen molar-refractivity contribution in [1.29, 1.82) is 0 Å². The third-order valence-corrected chi connectivity index (χ3v) is 2.24. The van der Waals surface area contributed by atoms with Gasteiger partial charge in [0.05, 0.1) is 6.54 Å². The fraction of sp³-hybridized carbons (Fsp3) is 1.00. The van der Waals surface area contributed by atoms with E-state index >= 15 is 0 Å². The van der Waals surface area contributed by atoms with E-state index < -0.39 is 0 Å². The van der Waals surface area contributed by atoms with Gasteiger partial charge < -0.3 is 0 Å². The Balaban J connectivity index is 2.21. The summed E-state index contributed by atoms with van der Waals surface area (Å²) in [6.45, 7) is 1.39. The van der Waals surface area contributed by atoms with Gasteiger partial charge in [-0.1, -0.05) is 5.01 Å². The molecule has 2 nitrogen and oxygen atoms in total. The maximum absolute atomic E-state index is 2.50. The lowest BCUT2D eigenvalue weighted by Crippen LogP contribution is -2.83. The lowest BCUT2D eigenvalue weighted by molar-refractivity contribution is -0.756. The van der Waals surface area contributed by atoms with Gasteiger partial charge in [-0.25, -0.2) is 5.01 Å². The van der Waals surface area contributed by atoms with Crippen LogP contribution in [0.25, 0.3) is 0 Å². The zero-order valence-corrected chi connectivity index (χ0v) is 3.52. The Labute approximate surface area is 36.3 Å². The Morgan fingerprint density at radius 3 is 2.67 bits per heavy atom. The van der Waals surface area contributed by atoms with E-state index in [0.29, 0.717) is 0 Å². The van der Waals surface area contributed by atoms with Crippen molar-refractivity contribution in [2.45, 2.75) is 18.6 Å². The van der Waals surface area contributed by atoms with E-state index in [9.17, 15) is 0 Å². The highest BCUT2D eigenvalue weighted by Crippen LogP contribution is 2.31. The number of fused-ring (bicyclic) bond motifs is 1. The van der Waals surface area contributed by atoms with Gasteiger partial charge in [-0.15, -0.1) is 0 Å². The van der Waals surface area contributed by atoms with Crippen LogP contribution >= 0.6 is 0 Å². The summed E-state index contributed by atoms with van der Waals surface area (Å²) in [5.74, 6) is 0. The first kappa shape index (κ1) is 2.28. The highest BCUT2D eigenvalue weighted by atomic mass is 16.0. The molecule has 0 radical (unpaired) electrons. The van der Waals surface area contributed by atoms with Crippen molar-refractivity contribution in [2.24, 2.45) is 0 Å². The van der Waals surface area contributed by atoms with Crippen LogP contribution in [0.5, 0.6) is 0 Å². The summed E-state index contributed by atoms with van der Waals surface area (Å²) >= 11 is 0. The van der Waals surface area contributed by atoms with Crippen molar-refractivity contribution in [2.75, 3.05) is 6.54 Å². The third kappa shape index (κ3) is 0.0764. The maximum atomic E-state index is 2.50. The molecule has 4 atom stereocenters. The molecular weight excluding hydrogens is 76.1 g/mol. The molecule has 0 amide bonds. The molecule has 4 unspecified atom stereocenters. The fourth-order valence-corrected chi connectivity index (χ4v) is 1.76. The van der Waals surface area contributed by atoms with Crippen LogP contribution in [0.2, 0.25) is 0 Å². The van der Waals surface area contributed by atoms with Gasteiger partial charge in [0.2, 0.25) is 0 Å². The molecule has 4 saturated heterocycles. The minimum absolute atomic E-state index is 1.05. The van der Waals surface area contributed by atoms with Gasteiger partial charge in [-0.2, -0.15) is 0 Å². The summed E-state index contributed by atoms with van der Waals surface area (Å²) in [4.78, 5) is 0. The van der Waals surface area contributed by atoms with Crippen molar-refractivity contribution in [1.82, 2.24) is 5.01 Å². The van der Waals surface area contributed by atoms with Crippen molar-refractivity contribution in [3.8, 4) is 0 Å². The molecule has 2 bridgehead atoms. The minimum atomic E-state index is 1.05. The van der Waals surface area contributed by atoms with E-state index in [2.05, 4.69) is 5.01 Å². The average Bonchev–Trinajstić information content (AvgIpc) is 2.30. The van der Waals surface area contributed by atoms with Gasteiger partial charge in [-0.05, 0) is 0 Å². The molecule has 0 aromatic heterocycles. The van der Waals surface area contributed by atoms with E-state index in [1.54, 1.807) is 5.01 Å². The minimum Gasteiger partial charge on any atom is -0.216 e. The van der Waals surface area contributed by atoms with Crippen molar-refractivity contribution in [3.05, 3.63) is 0 Å². The van der Waals surface area contributed by atoms with Gasteiger partial charge in [-0.3, -0.25) is 0 Å². The van der Waals surface area contributed by atoms with Crippen LogP contribution in [0.1, 0.15) is 6.42 Å². The van der Waals surface area contributed by atoms with Gasteiger partial charge in [0.25, 0.3) is 6.17 Å². The normalized spacial score (nSPS) is 80.0. The Bertz CT molecular complexity index is 78.1. The van der Waals surface area contributed by atoms with Crippen LogP contribution in [-0.2, 0) is 0 Å². The van der Waals surface area contributed by atoms with E-state index in [1.165, 1.54) is 13.0 Å². The molecule has 0 aliphatic carbocycles. The van der Waals surface area contributed by atoms with E-state index in [4.69, 9.17) is 0 Å². The van der Waals surface area contributed by atoms with Crippen molar-refractivity contribution >= 4 is 0 Å². The lowest BCUT2D eigenvalue weighted by atomic mass is 10.4. The topological polar surface area (TPSA) is 7.45 Å². The number of hydrogen-bond donors (Lipinski definition) is 1. The second kappa shape index (κ2) is 0.390. The smallest absolute Gasteiger partial charge is 0.216 e. The lowest BCUT2D eigenvalue weighted by Gasteiger charge is -1.79. The Morgan fingerprint density at radius 1 is 1.67 bits per heavy atom. The van der Waals surface area contributed by atoms with Gasteiger partial charge in [0, 0.05) is 6.42 Å². The van der Waals surface area contributed by atoms with E-state index in [0.717, 1.165) is 12.2 Å². The largest absolute Gasteiger partial charge is 0.258 e. The molecule has 0 spiro atoms. The predicted molar refractivity (Wildman–Crippen MR) is 19.9 cm³/mol. The summed E-state index contributed by atoms with van der Waals surface area (Å²) in [7, 11) is 0. The number of nitrogens with zero attached hydrogens (tertiary/aromatic N) is 1. The van der Waals surface area contributed by atoms with Crippen LogP contribution in [-0.4, -0.2) is 23.8 Å². The predicted octanol–water partition coefficient (Wildman–Crippen LogP) is -1.79. The second-order valence-corrected chi connectivity index (χ2v) is 2.46. The van der Waals surface area contributed by atoms with Gasteiger partial charge >= 0.3 is 0 Å². The zero-order chi connectivity index (χ0) is 3.72. The first-order chi connectivity index (χ1) is 2.98. The molecular formula is C4H7N2+. The standard InChI is InChI=1S/C4H6N2/c1-2-5-4-3(1)6(4)5/h3-4H,1-2H2/p+1. The Kier molecular flexibility index (Phi) is 0.149. The van der Waals surface area contributed by atoms with Crippen molar-refractivity contribution < 1.29 is 5.01 Å². The number of hydrogen-bond acceptors (Lipinski definition) is 1. The SMILES string of the molecule is C1CN2C3C1[NH+]32. The van der Waals surface area contributed by atoms with Crippen LogP contribution < -0.4 is 5.01 Å². The molecule has 2 heteroatoms. The highest BCUT2D eigenvalue weighted by Gasteiger charge is 2.84. The number of quaternary nitrogens is 1. The summed E-state index contributed by atoms with van der Waals surface area (Å²) in [6, 6.07) is 1.12. The number of nitrogens with one attached hydrogen (secondary N) is 1. The Morgan fingerprint density at radius 2 is 2.50 bits per heavy atom. The zero-order valence-electron chi connectivity index (χ0n) is 3.52. The molecule has 4 rings (SSSR count). The third-order valence-electron chi connectivity index (χ3n) is 2.24. The first-order valence-electron chi connectivity index (χ1n) is 2.62. The van der Waals surface area contributed by atoms with Crippen LogP contribution in [0.15, 0.2) is 0 Å². The Hall–Kier alpha value is -0.0800. The van der Waals surface area contributed by atoms with Crippen LogP contribution in [0.3, 0.4) is 0 Å².